The maximum Gasteiger partial charge on any atom is 0.251 e. The molecule has 1 aliphatic carbocycles. The molecule has 1 aliphatic heterocycles. The highest BCUT2D eigenvalue weighted by molar-refractivity contribution is 6.35. The van der Waals surface area contributed by atoms with E-state index in [9.17, 15) is 4.79 Å². The second-order valence-corrected chi connectivity index (χ2v) is 12.4. The molecule has 1 amide bonds. The number of carbonyl (C=O) groups excluding carboxylic acids is 1. The van der Waals surface area contributed by atoms with Gasteiger partial charge in [-0.3, -0.25) is 9.69 Å². The number of hydrogen-bond donors (Lipinski definition) is 4. The highest BCUT2D eigenvalue weighted by Crippen LogP contribution is 2.36. The van der Waals surface area contributed by atoms with Gasteiger partial charge < -0.3 is 26.1 Å². The highest BCUT2D eigenvalue weighted by atomic mass is 35.5. The fourth-order valence-corrected chi connectivity index (χ4v) is 5.97. The van der Waals surface area contributed by atoms with Gasteiger partial charge in [0.15, 0.2) is 0 Å². The van der Waals surface area contributed by atoms with E-state index in [2.05, 4.69) is 46.6 Å². The molecule has 4 N–H and O–H groups in total. The maximum atomic E-state index is 13.1. The van der Waals surface area contributed by atoms with E-state index in [1.807, 2.05) is 31.3 Å². The fraction of sp³-hybridized carbons (Fsp3) is 0.394. The molecule has 1 saturated heterocycles. The number of fused-ring (bicyclic) bond motifs is 1. The molecule has 0 radical (unpaired) electrons. The average Bonchev–Trinajstić information content (AvgIpc) is 2.99. The Bertz CT molecular complexity index is 1560. The van der Waals surface area contributed by atoms with Gasteiger partial charge in [-0.25, -0.2) is 9.97 Å². The number of benzene rings is 2. The molecule has 0 unspecified atom stereocenters. The van der Waals surface area contributed by atoms with Gasteiger partial charge in [0.05, 0.1) is 24.2 Å². The van der Waals surface area contributed by atoms with Gasteiger partial charge in [-0.1, -0.05) is 29.8 Å². The van der Waals surface area contributed by atoms with Crippen molar-refractivity contribution in [3.63, 3.8) is 0 Å². The summed E-state index contributed by atoms with van der Waals surface area (Å²) in [7, 11) is 3.40. The standard InChI is InChI=1S/C33H40ClN7O2/c1-33(2,3)41-16-14-22(15-17-41)38-31(42)20-11-13-26(27(18-20)43-5)39-32-37-19-21-10-12-25(35)28(29(21)40-32)30(36-4)23-8-6-7-9-24(23)34/h6-9,11,13,18-19,22,35-36H,10,12,14-17H2,1-5H3,(H,38,42)(H,37,39,40)/b30-28+,35-25?. The second-order valence-electron chi connectivity index (χ2n) is 12.0. The maximum absolute atomic E-state index is 13.1. The Morgan fingerprint density at radius 1 is 1.12 bits per heavy atom. The van der Waals surface area contributed by atoms with E-state index < -0.39 is 0 Å². The van der Waals surface area contributed by atoms with Crippen LogP contribution in [0.4, 0.5) is 11.6 Å². The lowest BCUT2D eigenvalue weighted by molar-refractivity contribution is 0.0812. The lowest BCUT2D eigenvalue weighted by Gasteiger charge is -2.41. The molecule has 1 fully saturated rings. The van der Waals surface area contributed by atoms with Gasteiger partial charge in [-0.2, -0.15) is 0 Å². The number of hydrogen-bond acceptors (Lipinski definition) is 8. The number of allylic oxidation sites excluding steroid dienone is 1. The predicted molar refractivity (Wildman–Crippen MR) is 173 cm³/mol. The number of carbonyl (C=O) groups is 1. The molecule has 0 saturated carbocycles. The molecule has 10 heteroatoms. The molecule has 3 aromatic rings. The van der Waals surface area contributed by atoms with Crippen LogP contribution in [-0.4, -0.2) is 65.3 Å². The number of aryl methyl sites for hydroxylation is 1. The minimum atomic E-state index is -0.114. The fourth-order valence-electron chi connectivity index (χ4n) is 5.74. The van der Waals surface area contributed by atoms with Gasteiger partial charge in [0.1, 0.15) is 5.75 Å². The van der Waals surface area contributed by atoms with Gasteiger partial charge in [-0.05, 0) is 76.3 Å². The first kappa shape index (κ1) is 30.5. The Morgan fingerprint density at radius 2 is 1.86 bits per heavy atom. The zero-order valence-corrected chi connectivity index (χ0v) is 26.2. The Morgan fingerprint density at radius 3 is 2.53 bits per heavy atom. The summed E-state index contributed by atoms with van der Waals surface area (Å²) in [6.07, 6.45) is 4.92. The first-order chi connectivity index (χ1) is 20.6. The largest absolute Gasteiger partial charge is 0.495 e. The molecule has 2 heterocycles. The normalized spacial score (nSPS) is 17.2. The zero-order valence-electron chi connectivity index (χ0n) is 25.5. The number of aromatic nitrogens is 2. The van der Waals surface area contributed by atoms with Crippen LogP contribution in [0.5, 0.6) is 5.75 Å². The SMILES string of the molecule is CN/C(=C1\C(=N)CCc2cnc(Nc3ccc(C(=O)NC4CCN(C(C)(C)C)CC4)cc3OC)nc21)c1ccccc1Cl. The summed E-state index contributed by atoms with van der Waals surface area (Å²) in [6.45, 7) is 8.61. The van der Waals surface area contributed by atoms with Gasteiger partial charge in [0.25, 0.3) is 5.91 Å². The third kappa shape index (κ3) is 6.68. The summed E-state index contributed by atoms with van der Waals surface area (Å²) in [5.74, 6) is 0.755. The summed E-state index contributed by atoms with van der Waals surface area (Å²) in [6, 6.07) is 13.0. The van der Waals surface area contributed by atoms with Crippen molar-refractivity contribution in [2.24, 2.45) is 0 Å². The third-order valence-electron chi connectivity index (χ3n) is 8.18. The van der Waals surface area contributed by atoms with Crippen LogP contribution < -0.4 is 20.7 Å². The number of piperidine rings is 1. The number of rotatable bonds is 7. The monoisotopic (exact) mass is 601 g/mol. The number of nitrogens with one attached hydrogen (secondary N) is 4. The predicted octanol–water partition coefficient (Wildman–Crippen LogP) is 5.93. The molecule has 5 rings (SSSR count). The van der Waals surface area contributed by atoms with Crippen LogP contribution in [0.25, 0.3) is 11.3 Å². The van der Waals surface area contributed by atoms with E-state index in [0.717, 1.165) is 42.8 Å². The second kappa shape index (κ2) is 12.7. The minimum absolute atomic E-state index is 0.114. The Hall–Kier alpha value is -3.95. The number of ether oxygens (including phenoxy) is 1. The number of likely N-dealkylation sites (tertiary alicyclic amines) is 1. The smallest absolute Gasteiger partial charge is 0.251 e. The lowest BCUT2D eigenvalue weighted by Crippen LogP contribution is -2.50. The molecule has 0 spiro atoms. The van der Waals surface area contributed by atoms with Crippen molar-refractivity contribution in [3.8, 4) is 5.75 Å². The van der Waals surface area contributed by atoms with Crippen molar-refractivity contribution in [1.29, 1.82) is 5.41 Å². The molecule has 2 aromatic carbocycles. The summed E-state index contributed by atoms with van der Waals surface area (Å²) >= 11 is 6.54. The van der Waals surface area contributed by atoms with E-state index in [1.165, 1.54) is 0 Å². The lowest BCUT2D eigenvalue weighted by atomic mass is 9.87. The Kier molecular flexibility index (Phi) is 9.03. The van der Waals surface area contributed by atoms with E-state index in [-0.39, 0.29) is 17.5 Å². The van der Waals surface area contributed by atoms with Crippen LogP contribution in [0, 0.1) is 5.41 Å². The van der Waals surface area contributed by atoms with Crippen molar-refractivity contribution >= 4 is 46.1 Å². The number of halogens is 1. The van der Waals surface area contributed by atoms with Crippen molar-refractivity contribution in [2.45, 2.75) is 58.0 Å². The molecule has 1 aromatic heterocycles. The van der Waals surface area contributed by atoms with Gasteiger partial charge in [-0.15, -0.1) is 0 Å². The molecule has 0 atom stereocenters. The Labute approximate surface area is 258 Å². The number of nitrogens with zero attached hydrogens (tertiary/aromatic N) is 3. The third-order valence-corrected chi connectivity index (χ3v) is 8.51. The molecule has 2 aliphatic rings. The quantitative estimate of drug-likeness (QED) is 0.265. The number of methoxy groups -OCH3 is 1. The molecular formula is C33H40ClN7O2. The summed E-state index contributed by atoms with van der Waals surface area (Å²) < 4.78 is 5.65. The summed E-state index contributed by atoms with van der Waals surface area (Å²) in [5.41, 5.74) is 5.69. The van der Waals surface area contributed by atoms with Crippen molar-refractivity contribution in [1.82, 2.24) is 25.5 Å². The molecular weight excluding hydrogens is 562 g/mol. The van der Waals surface area contributed by atoms with Gasteiger partial charge >= 0.3 is 0 Å². The molecule has 9 nitrogen and oxygen atoms in total. The van der Waals surface area contributed by atoms with Crippen LogP contribution in [0.15, 0.2) is 48.7 Å². The van der Waals surface area contributed by atoms with E-state index in [0.29, 0.717) is 57.8 Å². The van der Waals surface area contributed by atoms with E-state index >= 15 is 0 Å². The topological polar surface area (TPSA) is 115 Å². The van der Waals surface area contributed by atoms with E-state index in [4.69, 9.17) is 26.7 Å². The summed E-state index contributed by atoms with van der Waals surface area (Å²) in [5, 5.41) is 19.1. The van der Waals surface area contributed by atoms with Gasteiger partial charge in [0, 0.05) is 65.3 Å². The van der Waals surface area contributed by atoms with Crippen LogP contribution in [0.2, 0.25) is 5.02 Å². The summed E-state index contributed by atoms with van der Waals surface area (Å²) in [4.78, 5) is 25.0. The van der Waals surface area contributed by atoms with Crippen LogP contribution in [0.3, 0.4) is 0 Å². The highest BCUT2D eigenvalue weighted by Gasteiger charge is 2.29. The van der Waals surface area contributed by atoms with Gasteiger partial charge in [0.2, 0.25) is 5.95 Å². The molecule has 43 heavy (non-hydrogen) atoms. The average molecular weight is 602 g/mol. The minimum Gasteiger partial charge on any atom is -0.495 e. The molecule has 226 valence electrons. The zero-order chi connectivity index (χ0) is 30.7. The van der Waals surface area contributed by atoms with Crippen molar-refractivity contribution in [2.75, 3.05) is 32.6 Å². The van der Waals surface area contributed by atoms with Crippen LogP contribution in [0.1, 0.15) is 67.2 Å². The van der Waals surface area contributed by atoms with E-state index in [1.54, 1.807) is 31.5 Å². The van der Waals surface area contributed by atoms with Crippen molar-refractivity contribution in [3.05, 3.63) is 76.1 Å². The Balaban J connectivity index is 1.37. The number of anilines is 2. The van der Waals surface area contributed by atoms with Crippen LogP contribution >= 0.6 is 11.6 Å². The number of amides is 1. The molecule has 0 bridgehead atoms. The first-order valence-electron chi connectivity index (χ1n) is 14.7. The van der Waals surface area contributed by atoms with Crippen LogP contribution in [-0.2, 0) is 6.42 Å². The van der Waals surface area contributed by atoms with Crippen molar-refractivity contribution < 1.29 is 9.53 Å². The first-order valence-corrected chi connectivity index (χ1v) is 15.1.